The van der Waals surface area contributed by atoms with Crippen LogP contribution < -0.4 is 10.6 Å². The van der Waals surface area contributed by atoms with E-state index in [1.807, 2.05) is 0 Å². The van der Waals surface area contributed by atoms with Crippen LogP contribution in [0.15, 0.2) is 0 Å². The fourth-order valence-electron chi connectivity index (χ4n) is 1.63. The molecule has 0 aliphatic carbocycles. The van der Waals surface area contributed by atoms with Crippen LogP contribution in [0.1, 0.15) is 46.0 Å². The Hall–Kier alpha value is -1.30. The second-order valence-electron chi connectivity index (χ2n) is 5.31. The second-order valence-corrected chi connectivity index (χ2v) is 5.31. The predicted octanol–water partition coefficient (Wildman–Crippen LogP) is 1.66. The van der Waals surface area contributed by atoms with Crippen LogP contribution in [0.25, 0.3) is 0 Å². The second kappa shape index (κ2) is 11.5. The van der Waals surface area contributed by atoms with E-state index in [0.29, 0.717) is 25.6 Å². The molecule has 0 unspecified atom stereocenters. The summed E-state index contributed by atoms with van der Waals surface area (Å²) in [5.41, 5.74) is 0. The summed E-state index contributed by atoms with van der Waals surface area (Å²) in [6.07, 6.45) is 3.44. The maximum atomic E-state index is 11.4. The number of aliphatic carboxylic acids is 1. The van der Waals surface area contributed by atoms with Crippen LogP contribution in [0.2, 0.25) is 0 Å². The fourth-order valence-corrected chi connectivity index (χ4v) is 1.63. The van der Waals surface area contributed by atoms with Crippen molar-refractivity contribution in [2.24, 2.45) is 0 Å². The lowest BCUT2D eigenvalue weighted by molar-refractivity contribution is -0.137. The normalized spacial score (nSPS) is 10.8. The molecule has 118 valence electrons. The fraction of sp³-hybridized carbons (Fsp3) is 0.857. The Morgan fingerprint density at radius 2 is 1.65 bits per heavy atom. The van der Waals surface area contributed by atoms with E-state index in [1.165, 1.54) is 0 Å². The number of amides is 2. The van der Waals surface area contributed by atoms with Crippen LogP contribution >= 0.6 is 0 Å². The van der Waals surface area contributed by atoms with Gasteiger partial charge in [0.25, 0.3) is 0 Å². The van der Waals surface area contributed by atoms with Crippen LogP contribution in [-0.2, 0) is 4.79 Å². The summed E-state index contributed by atoms with van der Waals surface area (Å²) in [7, 11) is 2.07. The average molecular weight is 287 g/mol. The van der Waals surface area contributed by atoms with E-state index in [2.05, 4.69) is 36.4 Å². The minimum absolute atomic E-state index is 0.143. The number of carbonyl (C=O) groups is 2. The van der Waals surface area contributed by atoms with Crippen molar-refractivity contribution >= 4 is 12.0 Å². The molecule has 3 N–H and O–H groups in total. The molecule has 0 atom stereocenters. The number of nitrogens with zero attached hydrogens (tertiary/aromatic N) is 1. The molecule has 0 rings (SSSR count). The first-order valence-corrected chi connectivity index (χ1v) is 7.37. The number of hydrogen-bond acceptors (Lipinski definition) is 3. The van der Waals surface area contributed by atoms with Gasteiger partial charge in [0.15, 0.2) is 0 Å². The van der Waals surface area contributed by atoms with Crippen molar-refractivity contribution < 1.29 is 14.7 Å². The first-order valence-electron chi connectivity index (χ1n) is 7.37. The van der Waals surface area contributed by atoms with Gasteiger partial charge in [0, 0.05) is 25.6 Å². The zero-order chi connectivity index (χ0) is 15.4. The zero-order valence-electron chi connectivity index (χ0n) is 12.9. The average Bonchev–Trinajstić information content (AvgIpc) is 2.37. The SMILES string of the molecule is CC(C)N(C)CCCNC(=O)NCCCCCC(=O)O. The summed E-state index contributed by atoms with van der Waals surface area (Å²) in [4.78, 5) is 24.0. The van der Waals surface area contributed by atoms with E-state index in [-0.39, 0.29) is 12.5 Å². The standard InChI is InChI=1S/C14H29N3O3/c1-12(2)17(3)11-7-10-16-14(20)15-9-6-4-5-8-13(18)19/h12H,4-11H2,1-3H3,(H,18,19)(H2,15,16,20). The molecule has 0 heterocycles. The summed E-state index contributed by atoms with van der Waals surface area (Å²) in [5.74, 6) is -0.762. The molecule has 0 saturated carbocycles. The molecule has 0 aromatic carbocycles. The molecular weight excluding hydrogens is 258 g/mol. The lowest BCUT2D eigenvalue weighted by Gasteiger charge is -2.20. The Labute approximate surface area is 121 Å². The molecule has 0 fully saturated rings. The lowest BCUT2D eigenvalue weighted by atomic mass is 10.2. The van der Waals surface area contributed by atoms with Crippen molar-refractivity contribution in [1.82, 2.24) is 15.5 Å². The highest BCUT2D eigenvalue weighted by Gasteiger charge is 2.03. The van der Waals surface area contributed by atoms with Crippen molar-refractivity contribution in [3.05, 3.63) is 0 Å². The minimum Gasteiger partial charge on any atom is -0.481 e. The van der Waals surface area contributed by atoms with Gasteiger partial charge in [-0.15, -0.1) is 0 Å². The van der Waals surface area contributed by atoms with E-state index in [1.54, 1.807) is 0 Å². The molecule has 0 bridgehead atoms. The highest BCUT2D eigenvalue weighted by molar-refractivity contribution is 5.73. The summed E-state index contributed by atoms with van der Waals surface area (Å²) < 4.78 is 0. The van der Waals surface area contributed by atoms with E-state index in [4.69, 9.17) is 5.11 Å². The Morgan fingerprint density at radius 3 is 2.20 bits per heavy atom. The minimum atomic E-state index is -0.762. The number of unbranched alkanes of at least 4 members (excludes halogenated alkanes) is 2. The van der Waals surface area contributed by atoms with E-state index < -0.39 is 5.97 Å². The van der Waals surface area contributed by atoms with Crippen molar-refractivity contribution in [2.75, 3.05) is 26.7 Å². The van der Waals surface area contributed by atoms with E-state index >= 15 is 0 Å². The molecule has 0 radical (unpaired) electrons. The van der Waals surface area contributed by atoms with Gasteiger partial charge in [-0.25, -0.2) is 4.79 Å². The summed E-state index contributed by atoms with van der Waals surface area (Å²) in [6.45, 7) is 6.52. The smallest absolute Gasteiger partial charge is 0.314 e. The first kappa shape index (κ1) is 18.7. The van der Waals surface area contributed by atoms with Crippen LogP contribution in [0.3, 0.4) is 0 Å². The molecule has 0 aliphatic heterocycles. The van der Waals surface area contributed by atoms with Crippen LogP contribution in [-0.4, -0.2) is 54.7 Å². The predicted molar refractivity (Wildman–Crippen MR) is 79.9 cm³/mol. The number of urea groups is 1. The lowest BCUT2D eigenvalue weighted by Crippen LogP contribution is -2.38. The topological polar surface area (TPSA) is 81.7 Å². The molecule has 2 amide bonds. The number of carboxylic acid groups (broad SMARTS) is 1. The number of rotatable bonds is 11. The third kappa shape index (κ3) is 11.8. The zero-order valence-corrected chi connectivity index (χ0v) is 12.9. The van der Waals surface area contributed by atoms with Gasteiger partial charge < -0.3 is 20.6 Å². The Morgan fingerprint density at radius 1 is 1.05 bits per heavy atom. The summed E-state index contributed by atoms with van der Waals surface area (Å²) in [6, 6.07) is 0.380. The molecule has 6 heteroatoms. The quantitative estimate of drug-likeness (QED) is 0.505. The van der Waals surface area contributed by atoms with Crippen molar-refractivity contribution in [2.45, 2.75) is 52.0 Å². The number of carboxylic acids is 1. The van der Waals surface area contributed by atoms with Crippen molar-refractivity contribution in [3.8, 4) is 0 Å². The summed E-state index contributed by atoms with van der Waals surface area (Å²) >= 11 is 0. The first-order chi connectivity index (χ1) is 9.43. The third-order valence-electron chi connectivity index (χ3n) is 3.21. The summed E-state index contributed by atoms with van der Waals surface area (Å²) in [5, 5.41) is 14.1. The molecule has 0 saturated heterocycles. The monoisotopic (exact) mass is 287 g/mol. The van der Waals surface area contributed by atoms with E-state index in [9.17, 15) is 9.59 Å². The van der Waals surface area contributed by atoms with Gasteiger partial charge in [-0.2, -0.15) is 0 Å². The Kier molecular flexibility index (Phi) is 10.8. The van der Waals surface area contributed by atoms with Gasteiger partial charge in [0.2, 0.25) is 0 Å². The number of nitrogens with one attached hydrogen (secondary N) is 2. The Balaban J connectivity index is 3.35. The van der Waals surface area contributed by atoms with Gasteiger partial charge in [-0.3, -0.25) is 4.79 Å². The van der Waals surface area contributed by atoms with Crippen molar-refractivity contribution in [1.29, 1.82) is 0 Å². The highest BCUT2D eigenvalue weighted by atomic mass is 16.4. The maximum absolute atomic E-state index is 11.4. The van der Waals surface area contributed by atoms with Gasteiger partial charge >= 0.3 is 12.0 Å². The molecule has 0 spiro atoms. The largest absolute Gasteiger partial charge is 0.481 e. The molecular formula is C14H29N3O3. The number of hydrogen-bond donors (Lipinski definition) is 3. The molecule has 6 nitrogen and oxygen atoms in total. The van der Waals surface area contributed by atoms with Crippen molar-refractivity contribution in [3.63, 3.8) is 0 Å². The maximum Gasteiger partial charge on any atom is 0.314 e. The van der Waals surface area contributed by atoms with E-state index in [0.717, 1.165) is 25.8 Å². The van der Waals surface area contributed by atoms with Crippen LogP contribution in [0, 0.1) is 0 Å². The number of carbonyl (C=O) groups excluding carboxylic acids is 1. The van der Waals surface area contributed by atoms with Gasteiger partial charge in [-0.05, 0) is 46.7 Å². The van der Waals surface area contributed by atoms with Crippen LogP contribution in [0.4, 0.5) is 4.79 Å². The molecule has 20 heavy (non-hydrogen) atoms. The van der Waals surface area contributed by atoms with Gasteiger partial charge in [-0.1, -0.05) is 6.42 Å². The third-order valence-corrected chi connectivity index (χ3v) is 3.21. The molecule has 0 aliphatic rings. The van der Waals surface area contributed by atoms with Crippen LogP contribution in [0.5, 0.6) is 0 Å². The molecule has 0 aromatic rings. The Bertz CT molecular complexity index is 283. The van der Waals surface area contributed by atoms with Gasteiger partial charge in [0.1, 0.15) is 0 Å². The van der Waals surface area contributed by atoms with Gasteiger partial charge in [0.05, 0.1) is 0 Å². The highest BCUT2D eigenvalue weighted by Crippen LogP contribution is 1.98. The molecule has 0 aromatic heterocycles.